The van der Waals surface area contributed by atoms with Gasteiger partial charge in [0, 0.05) is 5.02 Å². The van der Waals surface area contributed by atoms with Gasteiger partial charge < -0.3 is 14.5 Å². The molecule has 6 nitrogen and oxygen atoms in total. The number of amidine groups is 1. The Balaban J connectivity index is 2.18. The van der Waals surface area contributed by atoms with Gasteiger partial charge in [-0.15, -0.1) is 5.10 Å². The van der Waals surface area contributed by atoms with E-state index in [9.17, 15) is 4.79 Å². The Morgan fingerprint density at radius 1 is 1.39 bits per heavy atom. The Kier molecular flexibility index (Phi) is 6.50. The fourth-order valence-corrected chi connectivity index (χ4v) is 2.57. The first kappa shape index (κ1) is 17.8. The van der Waals surface area contributed by atoms with Gasteiger partial charge in [-0.05, 0) is 25.1 Å². The number of hydrogen-bond donors (Lipinski definition) is 2. The van der Waals surface area contributed by atoms with Gasteiger partial charge >= 0.3 is 5.97 Å². The topological polar surface area (TPSA) is 58.4 Å². The summed E-state index contributed by atoms with van der Waals surface area (Å²) in [5.41, 5.74) is 3.37. The summed E-state index contributed by atoms with van der Waals surface area (Å²) in [4.78, 5) is 15.5. The van der Waals surface area contributed by atoms with E-state index >= 15 is 0 Å². The van der Waals surface area contributed by atoms with Crippen LogP contribution in [0.1, 0.15) is 6.92 Å². The number of hydrazone groups is 1. The fraction of sp³-hybridized carbons (Fsp3) is 0.467. The molecule has 126 valence electrons. The lowest BCUT2D eigenvalue weighted by atomic mass is 10.3. The number of esters is 1. The summed E-state index contributed by atoms with van der Waals surface area (Å²) in [6.07, 6.45) is 0. The van der Waals surface area contributed by atoms with Crippen molar-refractivity contribution in [1.29, 1.82) is 0 Å². The minimum absolute atomic E-state index is 0.260. The molecule has 1 aliphatic rings. The second-order valence-corrected chi connectivity index (χ2v) is 6.18. The van der Waals surface area contributed by atoms with Gasteiger partial charge in [0.15, 0.2) is 0 Å². The molecule has 0 spiro atoms. The normalized spacial score (nSPS) is 16.3. The van der Waals surface area contributed by atoms with Gasteiger partial charge in [0.25, 0.3) is 0 Å². The average molecular weight is 360 g/mol. The van der Waals surface area contributed by atoms with Gasteiger partial charge in [0.1, 0.15) is 0 Å². The van der Waals surface area contributed by atoms with Crippen LogP contribution in [-0.2, 0) is 9.53 Å². The zero-order valence-electron chi connectivity index (χ0n) is 13.2. The Hall–Kier alpha value is -1.50. The number of halogens is 2. The standard InChI is InChI=1S/C15H20Cl2N4O2/c1-3-23-15(22)14(21-8-6-20(2)7-9-21)19-18-13-10-11(16)4-5-12(13)17/h4-5,10,18H,3,6-9H2,1-2H3/p+1/b19-14-. The van der Waals surface area contributed by atoms with Gasteiger partial charge in [-0.3, -0.25) is 5.43 Å². The molecular formula is C15H21Cl2N4O2+. The highest BCUT2D eigenvalue weighted by molar-refractivity contribution is 6.36. The molecule has 0 aromatic heterocycles. The Morgan fingerprint density at radius 2 is 2.09 bits per heavy atom. The number of carbonyl (C=O) groups excluding carboxylic acids is 1. The van der Waals surface area contributed by atoms with E-state index in [1.54, 1.807) is 25.1 Å². The first-order chi connectivity index (χ1) is 11.0. The summed E-state index contributed by atoms with van der Waals surface area (Å²) in [7, 11) is 2.13. The first-order valence-corrected chi connectivity index (χ1v) is 8.29. The summed E-state index contributed by atoms with van der Waals surface area (Å²) in [6, 6.07) is 5.02. The minimum Gasteiger partial charge on any atom is -0.460 e. The lowest BCUT2D eigenvalue weighted by Gasteiger charge is -2.31. The molecule has 0 amide bonds. The van der Waals surface area contributed by atoms with Crippen molar-refractivity contribution in [2.45, 2.75) is 6.92 Å². The maximum absolute atomic E-state index is 12.2. The van der Waals surface area contributed by atoms with Crippen molar-refractivity contribution in [1.82, 2.24) is 4.90 Å². The fourth-order valence-electron chi connectivity index (χ4n) is 2.24. The molecule has 1 heterocycles. The first-order valence-electron chi connectivity index (χ1n) is 7.53. The van der Waals surface area contributed by atoms with Crippen LogP contribution >= 0.6 is 23.2 Å². The number of likely N-dealkylation sites (N-methyl/N-ethyl adjacent to an activating group) is 1. The SMILES string of the molecule is CCOC(=O)/C(=N/Nc1cc(Cl)ccc1Cl)N1CC[NH+](C)CC1. The molecule has 0 saturated carbocycles. The summed E-state index contributed by atoms with van der Waals surface area (Å²) < 4.78 is 5.11. The highest BCUT2D eigenvalue weighted by Gasteiger charge is 2.26. The monoisotopic (exact) mass is 359 g/mol. The maximum Gasteiger partial charge on any atom is 0.376 e. The molecule has 0 atom stereocenters. The van der Waals surface area contributed by atoms with Crippen LogP contribution in [0.25, 0.3) is 0 Å². The third-order valence-electron chi connectivity index (χ3n) is 3.59. The minimum atomic E-state index is -0.447. The number of piperazine rings is 1. The second-order valence-electron chi connectivity index (χ2n) is 5.34. The molecule has 1 aromatic carbocycles. The number of nitrogens with one attached hydrogen (secondary N) is 2. The van der Waals surface area contributed by atoms with E-state index in [1.165, 1.54) is 4.90 Å². The van der Waals surface area contributed by atoms with Crippen molar-refractivity contribution in [3.05, 3.63) is 28.2 Å². The molecular weight excluding hydrogens is 339 g/mol. The van der Waals surface area contributed by atoms with Crippen molar-refractivity contribution < 1.29 is 14.4 Å². The molecule has 0 bridgehead atoms. The van der Waals surface area contributed by atoms with E-state index in [-0.39, 0.29) is 5.84 Å². The van der Waals surface area contributed by atoms with Crippen molar-refractivity contribution in [2.75, 3.05) is 45.3 Å². The number of hydrogen-bond acceptors (Lipinski definition) is 4. The van der Waals surface area contributed by atoms with E-state index in [0.29, 0.717) is 22.3 Å². The highest BCUT2D eigenvalue weighted by atomic mass is 35.5. The van der Waals surface area contributed by atoms with Crippen LogP contribution in [0.15, 0.2) is 23.3 Å². The molecule has 0 unspecified atom stereocenters. The largest absolute Gasteiger partial charge is 0.460 e. The summed E-state index contributed by atoms with van der Waals surface area (Å²) >= 11 is 12.1. The summed E-state index contributed by atoms with van der Waals surface area (Å²) in [5.74, 6) is -0.187. The zero-order chi connectivity index (χ0) is 16.8. The lowest BCUT2D eigenvalue weighted by Crippen LogP contribution is -3.12. The second kappa shape index (κ2) is 8.38. The predicted octanol–water partition coefficient (Wildman–Crippen LogP) is 1.11. The number of nitrogens with zero attached hydrogens (tertiary/aromatic N) is 2. The highest BCUT2D eigenvalue weighted by Crippen LogP contribution is 2.25. The zero-order valence-corrected chi connectivity index (χ0v) is 14.7. The van der Waals surface area contributed by atoms with Crippen LogP contribution in [0.3, 0.4) is 0 Å². The molecule has 1 aromatic rings. The molecule has 0 aliphatic carbocycles. The predicted molar refractivity (Wildman–Crippen MR) is 92.3 cm³/mol. The van der Waals surface area contributed by atoms with Crippen LogP contribution in [0, 0.1) is 0 Å². The van der Waals surface area contributed by atoms with Crippen molar-refractivity contribution in [3.8, 4) is 0 Å². The van der Waals surface area contributed by atoms with Crippen molar-refractivity contribution in [3.63, 3.8) is 0 Å². The van der Waals surface area contributed by atoms with Gasteiger partial charge in [-0.1, -0.05) is 23.2 Å². The van der Waals surface area contributed by atoms with Gasteiger partial charge in [-0.25, -0.2) is 4.79 Å². The molecule has 0 radical (unpaired) electrons. The van der Waals surface area contributed by atoms with Crippen LogP contribution in [-0.4, -0.2) is 56.5 Å². The number of rotatable bonds is 3. The van der Waals surface area contributed by atoms with Crippen LogP contribution in [0.4, 0.5) is 5.69 Å². The summed E-state index contributed by atoms with van der Waals surface area (Å²) in [5, 5.41) is 5.24. The third kappa shape index (κ3) is 4.99. The quantitative estimate of drug-likeness (QED) is 0.367. The molecule has 1 fully saturated rings. The summed E-state index contributed by atoms with van der Waals surface area (Å²) in [6.45, 7) is 5.44. The number of ether oxygens (including phenoxy) is 1. The van der Waals surface area contributed by atoms with Crippen molar-refractivity contribution >= 4 is 40.7 Å². The smallest absolute Gasteiger partial charge is 0.376 e. The van der Waals surface area contributed by atoms with E-state index < -0.39 is 5.97 Å². The van der Waals surface area contributed by atoms with Crippen molar-refractivity contribution in [2.24, 2.45) is 5.10 Å². The molecule has 1 aliphatic heterocycles. The van der Waals surface area contributed by atoms with Gasteiger partial charge in [-0.2, -0.15) is 0 Å². The van der Waals surface area contributed by atoms with Gasteiger partial charge in [0.05, 0.1) is 50.5 Å². The molecule has 2 rings (SSSR count). The van der Waals surface area contributed by atoms with E-state index in [2.05, 4.69) is 17.6 Å². The van der Waals surface area contributed by atoms with E-state index in [1.807, 2.05) is 4.90 Å². The third-order valence-corrected chi connectivity index (χ3v) is 4.15. The number of anilines is 1. The van der Waals surface area contributed by atoms with Crippen LogP contribution in [0.5, 0.6) is 0 Å². The van der Waals surface area contributed by atoms with Crippen LogP contribution < -0.4 is 10.3 Å². The molecule has 2 N–H and O–H groups in total. The van der Waals surface area contributed by atoms with Gasteiger partial charge in [0.2, 0.25) is 5.84 Å². The molecule has 23 heavy (non-hydrogen) atoms. The lowest BCUT2D eigenvalue weighted by molar-refractivity contribution is -0.883. The number of carbonyl (C=O) groups is 1. The number of benzene rings is 1. The molecule has 8 heteroatoms. The van der Waals surface area contributed by atoms with E-state index in [0.717, 1.165) is 26.2 Å². The molecule has 1 saturated heterocycles. The average Bonchev–Trinajstić information content (AvgIpc) is 2.52. The number of quaternary nitrogens is 1. The maximum atomic E-state index is 12.2. The Labute approximate surface area is 146 Å². The van der Waals surface area contributed by atoms with Crippen LogP contribution in [0.2, 0.25) is 10.0 Å². The Bertz CT molecular complexity index is 587. The van der Waals surface area contributed by atoms with E-state index in [4.69, 9.17) is 27.9 Å². The Morgan fingerprint density at radius 3 is 2.74 bits per heavy atom.